The molecule has 0 aliphatic carbocycles. The lowest BCUT2D eigenvalue weighted by molar-refractivity contribution is -0.152. The van der Waals surface area contributed by atoms with E-state index in [1.807, 2.05) is 37.3 Å². The van der Waals surface area contributed by atoms with Gasteiger partial charge in [0.05, 0.1) is 12.5 Å². The zero-order valence-electron chi connectivity index (χ0n) is 16.4. The molecular formula is C20H35N3O3. The second-order valence-corrected chi connectivity index (χ2v) is 7.39. The number of hydrogen-bond acceptors (Lipinski definition) is 6. The third kappa shape index (κ3) is 7.41. The number of unbranched alkanes of at least 4 members (excludes halogenated alkanes) is 2. The quantitative estimate of drug-likeness (QED) is 0.228. The number of nitrogens with two attached hydrogens (primary N) is 2. The minimum absolute atomic E-state index is 0.00618. The van der Waals surface area contributed by atoms with Crippen LogP contribution in [0.15, 0.2) is 30.3 Å². The molecule has 1 aromatic rings. The molecule has 0 amide bonds. The van der Waals surface area contributed by atoms with Crippen LogP contribution in [0.25, 0.3) is 0 Å². The molecule has 0 bridgehead atoms. The van der Waals surface area contributed by atoms with Gasteiger partial charge in [0.1, 0.15) is 6.61 Å². The van der Waals surface area contributed by atoms with Gasteiger partial charge in [0.15, 0.2) is 0 Å². The zero-order chi connectivity index (χ0) is 19.6. The topological polar surface area (TPSA) is 102 Å². The molecule has 148 valence electrons. The maximum absolute atomic E-state index is 12.4. The fraction of sp³-hybridized carbons (Fsp3) is 0.650. The van der Waals surface area contributed by atoms with E-state index < -0.39 is 11.5 Å². The van der Waals surface area contributed by atoms with Crippen molar-refractivity contribution in [3.63, 3.8) is 0 Å². The minimum atomic E-state index is -0.682. The summed E-state index contributed by atoms with van der Waals surface area (Å²) in [6.45, 7) is 6.42. The van der Waals surface area contributed by atoms with Gasteiger partial charge in [-0.05, 0) is 24.8 Å². The molecule has 3 atom stereocenters. The molecule has 6 heteroatoms. The van der Waals surface area contributed by atoms with E-state index in [1.54, 1.807) is 6.92 Å². The van der Waals surface area contributed by atoms with Gasteiger partial charge in [-0.1, -0.05) is 63.4 Å². The Morgan fingerprint density at radius 1 is 1.27 bits per heavy atom. The summed E-state index contributed by atoms with van der Waals surface area (Å²) in [6, 6.07) is 9.56. The number of hydrazine groups is 2. The van der Waals surface area contributed by atoms with Gasteiger partial charge in [-0.2, -0.15) is 5.12 Å². The van der Waals surface area contributed by atoms with Crippen LogP contribution in [0.5, 0.6) is 0 Å². The summed E-state index contributed by atoms with van der Waals surface area (Å²) in [4.78, 5) is 12.4. The second kappa shape index (κ2) is 11.3. The summed E-state index contributed by atoms with van der Waals surface area (Å²) in [6.07, 6.45) is 3.51. The highest BCUT2D eigenvalue weighted by molar-refractivity contribution is 5.70. The molecule has 26 heavy (non-hydrogen) atoms. The van der Waals surface area contributed by atoms with Gasteiger partial charge >= 0.3 is 5.97 Å². The van der Waals surface area contributed by atoms with Gasteiger partial charge in [0.2, 0.25) is 0 Å². The largest absolute Gasteiger partial charge is 0.461 e. The zero-order valence-corrected chi connectivity index (χ0v) is 16.4. The number of ether oxygens (including phenoxy) is 1. The number of carbonyl (C=O) groups excluding carboxylic acids is 1. The molecule has 0 radical (unpaired) electrons. The first-order chi connectivity index (χ1) is 12.3. The van der Waals surface area contributed by atoms with Crippen molar-refractivity contribution >= 4 is 5.97 Å². The number of benzene rings is 1. The Labute approximate surface area is 157 Å². The fourth-order valence-corrected chi connectivity index (χ4v) is 3.26. The van der Waals surface area contributed by atoms with Crippen molar-refractivity contribution in [1.29, 1.82) is 0 Å². The van der Waals surface area contributed by atoms with E-state index in [-0.39, 0.29) is 24.9 Å². The average Bonchev–Trinajstić information content (AvgIpc) is 2.59. The van der Waals surface area contributed by atoms with Crippen LogP contribution in [0.1, 0.15) is 58.4 Å². The molecule has 6 nitrogen and oxygen atoms in total. The van der Waals surface area contributed by atoms with Crippen molar-refractivity contribution < 1.29 is 14.6 Å². The van der Waals surface area contributed by atoms with Gasteiger partial charge in [0.25, 0.3) is 0 Å². The van der Waals surface area contributed by atoms with Crippen LogP contribution in [0, 0.1) is 11.3 Å². The van der Waals surface area contributed by atoms with Crippen molar-refractivity contribution in [3.05, 3.63) is 35.9 Å². The minimum Gasteiger partial charge on any atom is -0.461 e. The number of aliphatic hydroxyl groups excluding tert-OH is 1. The van der Waals surface area contributed by atoms with Crippen molar-refractivity contribution in [2.24, 2.45) is 23.0 Å². The molecular weight excluding hydrogens is 330 g/mol. The van der Waals surface area contributed by atoms with Gasteiger partial charge in [0, 0.05) is 12.0 Å². The number of nitrogens with zero attached hydrogens (tertiary/aromatic N) is 1. The monoisotopic (exact) mass is 365 g/mol. The van der Waals surface area contributed by atoms with Crippen molar-refractivity contribution in [1.82, 2.24) is 5.12 Å². The Hall–Kier alpha value is -1.47. The van der Waals surface area contributed by atoms with Gasteiger partial charge in [-0.15, -0.1) is 0 Å². The molecule has 0 fully saturated rings. The van der Waals surface area contributed by atoms with Crippen molar-refractivity contribution in [2.75, 3.05) is 6.54 Å². The molecule has 0 heterocycles. The first-order valence-corrected chi connectivity index (χ1v) is 9.44. The third-order valence-corrected chi connectivity index (χ3v) is 5.24. The van der Waals surface area contributed by atoms with E-state index in [0.717, 1.165) is 36.4 Å². The van der Waals surface area contributed by atoms with Gasteiger partial charge < -0.3 is 9.84 Å². The SMILES string of the molecule is CCCCC[C@H](CN(N)N)C(C)(CC(=O)OCc1ccccc1)[C@@H](C)O. The number of aliphatic hydroxyl groups is 1. The van der Waals surface area contributed by atoms with Gasteiger partial charge in [-0.3, -0.25) is 16.5 Å². The highest BCUT2D eigenvalue weighted by Gasteiger charge is 2.41. The second-order valence-electron chi connectivity index (χ2n) is 7.39. The van der Waals surface area contributed by atoms with E-state index in [2.05, 4.69) is 6.92 Å². The molecule has 1 aromatic carbocycles. The lowest BCUT2D eigenvalue weighted by atomic mass is 9.68. The number of hydrogen-bond donors (Lipinski definition) is 3. The van der Waals surface area contributed by atoms with E-state index >= 15 is 0 Å². The summed E-state index contributed by atoms with van der Waals surface area (Å²) in [5, 5.41) is 11.6. The first-order valence-electron chi connectivity index (χ1n) is 9.44. The van der Waals surface area contributed by atoms with Crippen molar-refractivity contribution in [3.8, 4) is 0 Å². The predicted molar refractivity (Wildman–Crippen MR) is 103 cm³/mol. The summed E-state index contributed by atoms with van der Waals surface area (Å²) in [5.41, 5.74) is 0.285. The number of esters is 1. The smallest absolute Gasteiger partial charge is 0.306 e. The van der Waals surface area contributed by atoms with E-state index in [1.165, 1.54) is 0 Å². The van der Waals surface area contributed by atoms with Crippen LogP contribution < -0.4 is 11.7 Å². The molecule has 0 aromatic heterocycles. The molecule has 0 aliphatic rings. The molecule has 0 spiro atoms. The Kier molecular flexibility index (Phi) is 9.80. The van der Waals surface area contributed by atoms with Crippen LogP contribution in [0.2, 0.25) is 0 Å². The van der Waals surface area contributed by atoms with Crippen LogP contribution in [-0.4, -0.2) is 28.8 Å². The van der Waals surface area contributed by atoms with Crippen LogP contribution in [-0.2, 0) is 16.1 Å². The highest BCUT2D eigenvalue weighted by Crippen LogP contribution is 2.39. The first kappa shape index (κ1) is 22.6. The number of carbonyl (C=O) groups is 1. The lowest BCUT2D eigenvalue weighted by Crippen LogP contribution is -2.49. The van der Waals surface area contributed by atoms with E-state index in [9.17, 15) is 9.90 Å². The van der Waals surface area contributed by atoms with Crippen LogP contribution >= 0.6 is 0 Å². The number of rotatable bonds is 12. The molecule has 5 N–H and O–H groups in total. The lowest BCUT2D eigenvalue weighted by Gasteiger charge is -2.40. The standard InChI is InChI=1S/C20H35N3O3/c1-4-5-7-12-18(14-23(21)22)20(3,16(2)24)13-19(25)26-15-17-10-8-6-9-11-17/h6,8-11,16,18,24H,4-5,7,12-15,21-22H2,1-3H3/t16-,18-,20?/m1/s1. The Balaban J connectivity index is 2.77. The van der Waals surface area contributed by atoms with Crippen LogP contribution in [0.4, 0.5) is 0 Å². The molecule has 1 rings (SSSR count). The molecule has 1 unspecified atom stereocenters. The molecule has 0 saturated carbocycles. The Morgan fingerprint density at radius 2 is 1.92 bits per heavy atom. The summed E-state index contributed by atoms with van der Waals surface area (Å²) < 4.78 is 5.43. The molecule has 0 aliphatic heterocycles. The maximum Gasteiger partial charge on any atom is 0.306 e. The Bertz CT molecular complexity index is 522. The summed E-state index contributed by atoms with van der Waals surface area (Å²) >= 11 is 0. The average molecular weight is 366 g/mol. The summed E-state index contributed by atoms with van der Waals surface area (Å²) in [5.74, 6) is 11.0. The molecule has 0 saturated heterocycles. The van der Waals surface area contributed by atoms with Crippen LogP contribution in [0.3, 0.4) is 0 Å². The third-order valence-electron chi connectivity index (χ3n) is 5.24. The van der Waals surface area contributed by atoms with E-state index in [0.29, 0.717) is 6.54 Å². The van der Waals surface area contributed by atoms with E-state index in [4.69, 9.17) is 16.4 Å². The predicted octanol–water partition coefficient (Wildman–Crippen LogP) is 2.75. The van der Waals surface area contributed by atoms with Gasteiger partial charge in [-0.25, -0.2) is 0 Å². The maximum atomic E-state index is 12.4. The Morgan fingerprint density at radius 3 is 2.46 bits per heavy atom. The van der Waals surface area contributed by atoms with Crippen molar-refractivity contribution in [2.45, 2.75) is 65.6 Å². The summed E-state index contributed by atoms with van der Waals surface area (Å²) in [7, 11) is 0. The fourth-order valence-electron chi connectivity index (χ4n) is 3.26. The normalized spacial score (nSPS) is 16.1. The highest BCUT2D eigenvalue weighted by atomic mass is 16.5.